The fraction of sp³-hybridized carbons (Fsp3) is 0.279. The van der Waals surface area contributed by atoms with Crippen LogP contribution in [0, 0.1) is 17.9 Å². The number of aliphatic hydroxyl groups is 1. The van der Waals surface area contributed by atoms with Gasteiger partial charge in [0.1, 0.15) is 11.3 Å². The number of ketones is 1. The van der Waals surface area contributed by atoms with E-state index in [1.54, 1.807) is 0 Å². The fourth-order valence-electron chi connectivity index (χ4n) is 6.87. The number of nitrogens with zero attached hydrogens (tertiary/aromatic N) is 2. The average Bonchev–Trinajstić information content (AvgIpc) is 3.52. The van der Waals surface area contributed by atoms with E-state index < -0.39 is 0 Å². The van der Waals surface area contributed by atoms with Gasteiger partial charge in [0.2, 0.25) is 0 Å². The third-order valence-electron chi connectivity index (χ3n) is 9.69. The number of pyridine rings is 2. The molecule has 6 aromatic rings. The van der Waals surface area contributed by atoms with Crippen molar-refractivity contribution in [1.29, 1.82) is 0 Å². The molecule has 5 nitrogen and oxygen atoms in total. The predicted molar refractivity (Wildman–Crippen MR) is 196 cm³/mol. The number of hydrogen-bond acceptors (Lipinski definition) is 5. The summed E-state index contributed by atoms with van der Waals surface area (Å²) in [5, 5.41) is 13.1. The molecule has 0 unspecified atom stereocenters. The molecular formula is C43H43IrN2O3-. The first kappa shape index (κ1) is 35.9. The predicted octanol–water partition coefficient (Wildman–Crippen LogP) is 11.1. The number of allylic oxidation sites excluding steroid dienone is 2. The molecule has 1 radical (unpaired) electrons. The van der Waals surface area contributed by atoms with Crippen LogP contribution in [-0.2, 0) is 37.7 Å². The zero-order valence-corrected chi connectivity index (χ0v) is 31.0. The molecule has 0 saturated carbocycles. The third-order valence-corrected chi connectivity index (χ3v) is 9.69. The van der Waals surface area contributed by atoms with Gasteiger partial charge in [0, 0.05) is 78.8 Å². The van der Waals surface area contributed by atoms with Crippen LogP contribution in [0.4, 0.5) is 0 Å². The first-order valence-electron chi connectivity index (χ1n) is 17.3. The summed E-state index contributed by atoms with van der Waals surface area (Å²) in [4.78, 5) is 20.9. The minimum absolute atomic E-state index is 0. The molecule has 1 N–H and O–H groups in total. The molecule has 0 bridgehead atoms. The smallest absolute Gasteiger partial charge is 0.162 e. The fourth-order valence-corrected chi connectivity index (χ4v) is 6.87. The van der Waals surface area contributed by atoms with E-state index >= 15 is 0 Å². The topological polar surface area (TPSA) is 76.2 Å². The summed E-state index contributed by atoms with van der Waals surface area (Å²) >= 11 is 0. The molecule has 0 amide bonds. The van der Waals surface area contributed by atoms with Gasteiger partial charge in [-0.15, -0.1) is 23.6 Å². The zero-order chi connectivity index (χ0) is 33.6. The molecule has 0 spiro atoms. The second-order valence-corrected chi connectivity index (χ2v) is 12.5. The van der Waals surface area contributed by atoms with Crippen LogP contribution in [0.2, 0.25) is 0 Å². The number of benzene rings is 3. The van der Waals surface area contributed by atoms with Gasteiger partial charge in [-0.2, -0.15) is 0 Å². The van der Waals surface area contributed by atoms with E-state index in [1.807, 2.05) is 52.4 Å². The van der Waals surface area contributed by atoms with Crippen molar-refractivity contribution in [2.45, 2.75) is 66.2 Å². The second-order valence-electron chi connectivity index (χ2n) is 12.5. The Bertz CT molecular complexity index is 2070. The zero-order valence-electron chi connectivity index (χ0n) is 28.6. The SMILES string of the molecule is CCC(CC)C(=O)/C=C(\O)C(CC)CC.[Ir].[c-]1c(-c2nccc3oc4c(c23)CCc2cnccc2-4)cc(-c2ccccc2)c2ccccc12. The maximum atomic E-state index is 11.7. The standard InChI is InChI=1S/C30H19N2O.C13H24O2.Ir/c1-2-6-19(7-3-1)26-17-22(16-20-8-4-5-9-23(20)26)29-28-25-11-10-21-18-31-14-12-24(21)30(25)33-27(28)13-15-32-29;1-5-10(6-2)12(14)9-13(15)11(7-3)8-4;/h1-9,12-15,17-18H,10-11H2;9-11,14H,5-8H2,1-4H3;/q-1;;/b;12-9-;. The van der Waals surface area contributed by atoms with E-state index in [0.29, 0.717) is 0 Å². The van der Waals surface area contributed by atoms with E-state index in [2.05, 4.69) is 77.8 Å². The minimum atomic E-state index is 0. The number of carbonyl (C=O) groups is 1. The van der Waals surface area contributed by atoms with Gasteiger partial charge >= 0.3 is 0 Å². The summed E-state index contributed by atoms with van der Waals surface area (Å²) in [6.45, 7) is 8.07. The van der Waals surface area contributed by atoms with E-state index in [0.717, 1.165) is 77.5 Å². The summed E-state index contributed by atoms with van der Waals surface area (Å²) in [5.41, 5.74) is 8.77. The summed E-state index contributed by atoms with van der Waals surface area (Å²) in [6.07, 6.45) is 12.4. The van der Waals surface area contributed by atoms with Crippen molar-refractivity contribution in [2.24, 2.45) is 11.8 Å². The van der Waals surface area contributed by atoms with Crippen molar-refractivity contribution < 1.29 is 34.4 Å². The summed E-state index contributed by atoms with van der Waals surface area (Å²) in [6, 6.07) is 28.9. The Kier molecular flexibility index (Phi) is 12.0. The van der Waals surface area contributed by atoms with E-state index in [-0.39, 0.29) is 43.5 Å². The van der Waals surface area contributed by atoms with Crippen molar-refractivity contribution in [2.75, 3.05) is 0 Å². The summed E-state index contributed by atoms with van der Waals surface area (Å²) in [5.74, 6) is 1.50. The van der Waals surface area contributed by atoms with Gasteiger partial charge in [0.25, 0.3) is 0 Å². The molecule has 0 saturated heterocycles. The molecule has 0 atom stereocenters. The van der Waals surface area contributed by atoms with Gasteiger partial charge in [-0.05, 0) is 61.8 Å². The molecule has 7 rings (SSSR count). The molecule has 1 aliphatic carbocycles. The van der Waals surface area contributed by atoms with Gasteiger partial charge in [-0.25, -0.2) is 0 Å². The number of aryl methyl sites for hydroxylation is 2. The number of aromatic nitrogens is 2. The van der Waals surface area contributed by atoms with Crippen LogP contribution in [0.5, 0.6) is 0 Å². The molecule has 49 heavy (non-hydrogen) atoms. The van der Waals surface area contributed by atoms with Gasteiger partial charge in [-0.1, -0.05) is 92.7 Å². The monoisotopic (exact) mass is 828 g/mol. The Morgan fingerprint density at radius 2 is 1.59 bits per heavy atom. The normalized spacial score (nSPS) is 12.3. The van der Waals surface area contributed by atoms with Crippen molar-refractivity contribution >= 4 is 27.5 Å². The molecule has 3 aromatic carbocycles. The summed E-state index contributed by atoms with van der Waals surface area (Å²) in [7, 11) is 0. The molecule has 1 aliphatic rings. The first-order valence-corrected chi connectivity index (χ1v) is 17.3. The van der Waals surface area contributed by atoms with E-state index in [9.17, 15) is 9.90 Å². The van der Waals surface area contributed by atoms with Crippen LogP contribution in [0.15, 0.2) is 108 Å². The van der Waals surface area contributed by atoms with Crippen LogP contribution < -0.4 is 0 Å². The van der Waals surface area contributed by atoms with Gasteiger partial charge in [0.05, 0.1) is 5.76 Å². The van der Waals surface area contributed by atoms with E-state index in [1.165, 1.54) is 33.7 Å². The second kappa shape index (κ2) is 16.3. The maximum Gasteiger partial charge on any atom is 0.162 e. The van der Waals surface area contributed by atoms with Crippen molar-refractivity contribution in [3.63, 3.8) is 0 Å². The number of rotatable bonds is 9. The van der Waals surface area contributed by atoms with Gasteiger partial charge in [-0.3, -0.25) is 14.8 Å². The molecular weight excluding hydrogens is 785 g/mol. The maximum absolute atomic E-state index is 11.7. The molecule has 0 fully saturated rings. The number of carbonyl (C=O) groups excluding carboxylic acids is 1. The summed E-state index contributed by atoms with van der Waals surface area (Å²) < 4.78 is 6.40. The number of hydrogen-bond donors (Lipinski definition) is 1. The number of aliphatic hydroxyl groups excluding tert-OH is 1. The largest absolute Gasteiger partial charge is 0.512 e. The minimum Gasteiger partial charge on any atom is -0.512 e. The van der Waals surface area contributed by atoms with Crippen LogP contribution >= 0.6 is 0 Å². The van der Waals surface area contributed by atoms with Crippen LogP contribution in [0.3, 0.4) is 0 Å². The van der Waals surface area contributed by atoms with Crippen LogP contribution in [0.1, 0.15) is 64.5 Å². The Balaban J connectivity index is 0.000000252. The van der Waals surface area contributed by atoms with Crippen molar-refractivity contribution in [1.82, 2.24) is 9.97 Å². The Labute approximate surface area is 302 Å². The Hall–Kier alpha value is -4.38. The number of furan rings is 1. The van der Waals surface area contributed by atoms with Gasteiger partial charge < -0.3 is 9.52 Å². The van der Waals surface area contributed by atoms with E-state index in [4.69, 9.17) is 9.40 Å². The van der Waals surface area contributed by atoms with Crippen LogP contribution in [0.25, 0.3) is 55.4 Å². The molecule has 0 aliphatic heterocycles. The third kappa shape index (κ3) is 7.46. The molecule has 3 heterocycles. The Morgan fingerprint density at radius 1 is 0.878 bits per heavy atom. The van der Waals surface area contributed by atoms with Crippen molar-refractivity contribution in [3.05, 3.63) is 120 Å². The van der Waals surface area contributed by atoms with Crippen molar-refractivity contribution in [3.8, 4) is 33.7 Å². The average molecular weight is 828 g/mol. The quantitative estimate of drug-likeness (QED) is 0.0892. The first-order chi connectivity index (χ1) is 23.5. The molecule has 6 heteroatoms. The number of fused-ring (bicyclic) bond motifs is 6. The molecule has 253 valence electrons. The van der Waals surface area contributed by atoms with Crippen LogP contribution in [-0.4, -0.2) is 20.9 Å². The Morgan fingerprint density at radius 3 is 2.33 bits per heavy atom. The molecule has 3 aromatic heterocycles. The van der Waals surface area contributed by atoms with Gasteiger partial charge in [0.15, 0.2) is 5.78 Å².